The molecule has 2 unspecified atom stereocenters. The van der Waals surface area contributed by atoms with Crippen molar-refractivity contribution in [2.75, 3.05) is 13.7 Å². The largest absolute Gasteiger partial charge is 0.469 e. The lowest BCUT2D eigenvalue weighted by atomic mass is 9.79. The molecule has 0 saturated heterocycles. The number of carbonyl (C=O) groups is 1. The first-order chi connectivity index (χ1) is 9.21. The maximum absolute atomic E-state index is 12.3. The maximum Gasteiger partial charge on any atom is 0.314 e. The average Bonchev–Trinajstić information content (AvgIpc) is 2.84. The average molecular weight is 270 g/mol. The highest BCUT2D eigenvalue weighted by Gasteiger charge is 2.50. The van der Waals surface area contributed by atoms with Gasteiger partial charge in [-0.2, -0.15) is 0 Å². The Balaban J connectivity index is 2.65. The number of carbonyl (C=O) groups excluding carboxylic acids is 1. The molecule has 1 saturated carbocycles. The van der Waals surface area contributed by atoms with Gasteiger partial charge in [0.2, 0.25) is 0 Å². The van der Waals surface area contributed by atoms with E-state index in [1.54, 1.807) is 0 Å². The van der Waals surface area contributed by atoms with E-state index in [2.05, 4.69) is 13.8 Å². The second-order valence-corrected chi connectivity index (χ2v) is 5.71. The monoisotopic (exact) mass is 270 g/mol. The Morgan fingerprint density at radius 3 is 2.63 bits per heavy atom. The van der Waals surface area contributed by atoms with E-state index < -0.39 is 0 Å². The highest BCUT2D eigenvalue weighted by atomic mass is 16.5. The van der Waals surface area contributed by atoms with Gasteiger partial charge >= 0.3 is 5.97 Å². The fourth-order valence-electron chi connectivity index (χ4n) is 3.24. The molecule has 3 nitrogen and oxygen atoms in total. The number of esters is 1. The molecule has 0 radical (unpaired) electrons. The molecule has 2 atom stereocenters. The van der Waals surface area contributed by atoms with Gasteiger partial charge in [-0.15, -0.1) is 0 Å². The van der Waals surface area contributed by atoms with E-state index in [1.807, 2.05) is 0 Å². The van der Waals surface area contributed by atoms with Crippen molar-refractivity contribution in [1.82, 2.24) is 0 Å². The van der Waals surface area contributed by atoms with Crippen LogP contribution >= 0.6 is 0 Å². The molecule has 0 aliphatic heterocycles. The third-order valence-corrected chi connectivity index (χ3v) is 4.30. The quantitative estimate of drug-likeness (QED) is 0.467. The molecule has 1 fully saturated rings. The summed E-state index contributed by atoms with van der Waals surface area (Å²) in [7, 11) is 1.51. The highest BCUT2D eigenvalue weighted by Crippen LogP contribution is 2.45. The van der Waals surface area contributed by atoms with Gasteiger partial charge in [-0.3, -0.25) is 4.79 Å². The van der Waals surface area contributed by atoms with Crippen molar-refractivity contribution >= 4 is 5.97 Å². The molecule has 0 aromatic carbocycles. The van der Waals surface area contributed by atoms with Gasteiger partial charge in [0, 0.05) is 6.61 Å². The summed E-state index contributed by atoms with van der Waals surface area (Å²) < 4.78 is 11.0. The highest BCUT2D eigenvalue weighted by molar-refractivity contribution is 5.78. The van der Waals surface area contributed by atoms with Gasteiger partial charge in [-0.1, -0.05) is 39.5 Å². The lowest BCUT2D eigenvalue weighted by Gasteiger charge is -2.32. The molecule has 0 aromatic heterocycles. The van der Waals surface area contributed by atoms with Crippen LogP contribution in [0, 0.1) is 5.41 Å². The van der Waals surface area contributed by atoms with Gasteiger partial charge in [-0.05, 0) is 32.1 Å². The third-order valence-electron chi connectivity index (χ3n) is 4.30. The summed E-state index contributed by atoms with van der Waals surface area (Å²) >= 11 is 0. The van der Waals surface area contributed by atoms with Crippen LogP contribution in [0.3, 0.4) is 0 Å². The van der Waals surface area contributed by atoms with Gasteiger partial charge in [0.25, 0.3) is 0 Å². The molecule has 0 amide bonds. The first-order valence-corrected chi connectivity index (χ1v) is 7.91. The second kappa shape index (κ2) is 8.57. The standard InChI is InChI=1S/C16H30O3/c1-4-6-7-8-11-16(15(17)18-3)12-9-10-14(16)19-13-5-2/h14H,4-13H2,1-3H3. The molecular formula is C16H30O3. The van der Waals surface area contributed by atoms with Gasteiger partial charge in [-0.25, -0.2) is 0 Å². The van der Waals surface area contributed by atoms with Crippen molar-refractivity contribution in [3.05, 3.63) is 0 Å². The van der Waals surface area contributed by atoms with Crippen LogP contribution in [0.2, 0.25) is 0 Å². The Kier molecular flexibility index (Phi) is 7.44. The van der Waals surface area contributed by atoms with E-state index in [0.29, 0.717) is 0 Å². The van der Waals surface area contributed by atoms with Gasteiger partial charge in [0.15, 0.2) is 0 Å². The van der Waals surface area contributed by atoms with Crippen molar-refractivity contribution in [3.63, 3.8) is 0 Å². The van der Waals surface area contributed by atoms with Crippen LogP contribution in [0.1, 0.15) is 71.6 Å². The minimum Gasteiger partial charge on any atom is -0.469 e. The molecule has 1 aliphatic carbocycles. The lowest BCUT2D eigenvalue weighted by Crippen LogP contribution is -2.41. The summed E-state index contributed by atoms with van der Waals surface area (Å²) in [6.07, 6.45) is 9.79. The Morgan fingerprint density at radius 1 is 1.21 bits per heavy atom. The van der Waals surface area contributed by atoms with E-state index in [-0.39, 0.29) is 17.5 Å². The van der Waals surface area contributed by atoms with E-state index in [9.17, 15) is 4.79 Å². The van der Waals surface area contributed by atoms with Crippen LogP contribution < -0.4 is 0 Å². The van der Waals surface area contributed by atoms with Gasteiger partial charge in [0.1, 0.15) is 0 Å². The number of methoxy groups -OCH3 is 1. The summed E-state index contributed by atoms with van der Waals surface area (Å²) in [6.45, 7) is 5.06. The number of unbranched alkanes of at least 4 members (excludes halogenated alkanes) is 3. The van der Waals surface area contributed by atoms with Crippen LogP contribution in [0.25, 0.3) is 0 Å². The number of rotatable bonds is 9. The molecule has 1 rings (SSSR count). The first-order valence-electron chi connectivity index (χ1n) is 7.91. The molecule has 1 aliphatic rings. The van der Waals surface area contributed by atoms with Crippen LogP contribution in [0.4, 0.5) is 0 Å². The second-order valence-electron chi connectivity index (χ2n) is 5.71. The lowest BCUT2D eigenvalue weighted by molar-refractivity contribution is -0.162. The summed E-state index contributed by atoms with van der Waals surface area (Å²) in [5, 5.41) is 0. The fourth-order valence-corrected chi connectivity index (χ4v) is 3.24. The van der Waals surface area contributed by atoms with Crippen LogP contribution in [0.5, 0.6) is 0 Å². The zero-order valence-corrected chi connectivity index (χ0v) is 12.9. The van der Waals surface area contributed by atoms with Crippen LogP contribution in [-0.2, 0) is 14.3 Å². The van der Waals surface area contributed by atoms with Gasteiger partial charge < -0.3 is 9.47 Å². The number of hydrogen-bond donors (Lipinski definition) is 0. The summed E-state index contributed by atoms with van der Waals surface area (Å²) in [5.74, 6) is -0.0531. The normalized spacial score (nSPS) is 26.6. The van der Waals surface area contributed by atoms with Crippen LogP contribution in [-0.4, -0.2) is 25.8 Å². The van der Waals surface area contributed by atoms with E-state index >= 15 is 0 Å². The molecule has 0 aromatic rings. The molecule has 112 valence electrons. The molecule has 19 heavy (non-hydrogen) atoms. The third kappa shape index (κ3) is 4.20. The number of ether oxygens (including phenoxy) is 2. The summed E-state index contributed by atoms with van der Waals surface area (Å²) in [5.41, 5.74) is -0.363. The van der Waals surface area contributed by atoms with Crippen molar-refractivity contribution in [2.45, 2.75) is 77.7 Å². The molecule has 0 heterocycles. The molecule has 3 heteroatoms. The SMILES string of the molecule is CCCCCCC1(C(=O)OC)CCCC1OCCC. The van der Waals surface area contributed by atoms with Crippen molar-refractivity contribution < 1.29 is 14.3 Å². The Labute approximate surface area is 118 Å². The summed E-state index contributed by atoms with van der Waals surface area (Å²) in [6, 6.07) is 0. The van der Waals surface area contributed by atoms with Crippen LogP contribution in [0.15, 0.2) is 0 Å². The molecule has 0 N–H and O–H groups in total. The Bertz CT molecular complexity index is 265. The van der Waals surface area contributed by atoms with E-state index in [0.717, 1.165) is 45.1 Å². The van der Waals surface area contributed by atoms with E-state index in [1.165, 1.54) is 26.4 Å². The van der Waals surface area contributed by atoms with Crippen molar-refractivity contribution in [3.8, 4) is 0 Å². The smallest absolute Gasteiger partial charge is 0.314 e. The summed E-state index contributed by atoms with van der Waals surface area (Å²) in [4.78, 5) is 12.3. The zero-order valence-electron chi connectivity index (χ0n) is 12.9. The fraction of sp³-hybridized carbons (Fsp3) is 0.938. The van der Waals surface area contributed by atoms with Gasteiger partial charge in [0.05, 0.1) is 18.6 Å². The predicted octanol–water partition coefficient (Wildman–Crippen LogP) is 4.10. The van der Waals surface area contributed by atoms with Crippen molar-refractivity contribution in [1.29, 1.82) is 0 Å². The maximum atomic E-state index is 12.3. The Morgan fingerprint density at radius 2 is 2.00 bits per heavy atom. The first kappa shape index (κ1) is 16.5. The minimum atomic E-state index is -0.363. The Hall–Kier alpha value is -0.570. The minimum absolute atomic E-state index is 0.0531. The molecule has 0 spiro atoms. The van der Waals surface area contributed by atoms with E-state index in [4.69, 9.17) is 9.47 Å². The molecular weight excluding hydrogens is 240 g/mol. The van der Waals surface area contributed by atoms with Crippen molar-refractivity contribution in [2.24, 2.45) is 5.41 Å². The predicted molar refractivity (Wildman–Crippen MR) is 77.1 cm³/mol. The number of hydrogen-bond acceptors (Lipinski definition) is 3. The zero-order chi connectivity index (χ0) is 14.1. The topological polar surface area (TPSA) is 35.5 Å². The molecule has 0 bridgehead atoms.